The molecule has 0 bridgehead atoms. The number of pyridine rings is 1. The zero-order valence-corrected chi connectivity index (χ0v) is 10.3. The molecule has 0 aromatic carbocycles. The van der Waals surface area contributed by atoms with Crippen LogP contribution in [0.25, 0.3) is 10.4 Å². The fourth-order valence-corrected chi connectivity index (χ4v) is 1.42. The van der Waals surface area contributed by atoms with Gasteiger partial charge in [0, 0.05) is 23.2 Å². The number of hydrogen-bond donors (Lipinski definition) is 2. The van der Waals surface area contributed by atoms with Gasteiger partial charge in [-0.1, -0.05) is 11.2 Å². The number of hydrogen-bond acceptors (Lipinski definition) is 6. The summed E-state index contributed by atoms with van der Waals surface area (Å²) in [6.07, 6.45) is -0.818. The Balaban J connectivity index is 2.68. The summed E-state index contributed by atoms with van der Waals surface area (Å²) in [6.45, 7) is 0.0857. The van der Waals surface area contributed by atoms with Crippen LogP contribution in [-0.4, -0.2) is 40.9 Å². The first-order valence-electron chi connectivity index (χ1n) is 5.51. The maximum Gasteiger partial charge on any atom is 0.356 e. The number of rotatable bonds is 6. The van der Waals surface area contributed by atoms with Crippen LogP contribution in [0.5, 0.6) is 0 Å². The van der Waals surface area contributed by atoms with Crippen LogP contribution in [-0.2, 0) is 4.74 Å². The van der Waals surface area contributed by atoms with Crippen LogP contribution in [0.1, 0.15) is 28.6 Å². The fourth-order valence-electron chi connectivity index (χ4n) is 1.42. The van der Waals surface area contributed by atoms with Crippen molar-refractivity contribution in [2.24, 2.45) is 5.11 Å². The summed E-state index contributed by atoms with van der Waals surface area (Å²) in [4.78, 5) is 17.5. The maximum absolute atomic E-state index is 11.2. The van der Waals surface area contributed by atoms with E-state index in [-0.39, 0.29) is 18.7 Å². The summed E-state index contributed by atoms with van der Waals surface area (Å²) in [5.41, 5.74) is 8.58. The number of carbonyl (C=O) groups excluding carboxylic acids is 1. The highest BCUT2D eigenvalue weighted by Crippen LogP contribution is 2.18. The topological polar surface area (TPSA) is 128 Å². The maximum atomic E-state index is 11.2. The van der Waals surface area contributed by atoms with Gasteiger partial charge in [0.05, 0.1) is 13.2 Å². The van der Waals surface area contributed by atoms with E-state index in [4.69, 9.17) is 5.53 Å². The minimum absolute atomic E-state index is 0.0857. The summed E-state index contributed by atoms with van der Waals surface area (Å²) < 4.78 is 4.49. The molecular formula is C11H14N4O4. The van der Waals surface area contributed by atoms with Crippen molar-refractivity contribution < 1.29 is 19.7 Å². The number of aliphatic hydroxyl groups excluding tert-OH is 2. The van der Waals surface area contributed by atoms with Crippen molar-refractivity contribution in [1.29, 1.82) is 0 Å². The van der Waals surface area contributed by atoms with E-state index >= 15 is 0 Å². The molecule has 0 aliphatic carbocycles. The van der Waals surface area contributed by atoms with E-state index in [1.54, 1.807) is 0 Å². The molecule has 1 heterocycles. The molecule has 2 atom stereocenters. The van der Waals surface area contributed by atoms with Crippen molar-refractivity contribution in [3.05, 3.63) is 40.0 Å². The van der Waals surface area contributed by atoms with Gasteiger partial charge in [0.1, 0.15) is 11.8 Å². The Bertz CT molecular complexity index is 470. The average Bonchev–Trinajstić information content (AvgIpc) is 2.46. The van der Waals surface area contributed by atoms with Gasteiger partial charge in [0.2, 0.25) is 0 Å². The van der Waals surface area contributed by atoms with Crippen LogP contribution >= 0.6 is 0 Å². The minimum atomic E-state index is -1.16. The lowest BCUT2D eigenvalue weighted by molar-refractivity contribution is 0.0148. The number of aromatic nitrogens is 1. The highest BCUT2D eigenvalue weighted by Gasteiger charge is 2.18. The molecule has 0 radical (unpaired) electrons. The lowest BCUT2D eigenvalue weighted by atomic mass is 10.0. The third-order valence-electron chi connectivity index (χ3n) is 2.47. The Labute approximate surface area is 109 Å². The molecule has 2 N–H and O–H groups in total. The summed E-state index contributed by atoms with van der Waals surface area (Å²) in [6, 6.07) is 2.87. The van der Waals surface area contributed by atoms with Crippen molar-refractivity contribution in [2.75, 3.05) is 13.7 Å². The Morgan fingerprint density at radius 2 is 2.32 bits per heavy atom. The first kappa shape index (κ1) is 14.9. The normalized spacial score (nSPS) is 13.2. The van der Waals surface area contributed by atoms with Crippen LogP contribution in [0.3, 0.4) is 0 Å². The second kappa shape index (κ2) is 7.32. The molecule has 2 unspecified atom stereocenters. The number of nitrogens with zero attached hydrogens (tertiary/aromatic N) is 4. The van der Waals surface area contributed by atoms with E-state index in [0.29, 0.717) is 5.56 Å². The molecule has 0 aliphatic heterocycles. The lowest BCUT2D eigenvalue weighted by Crippen LogP contribution is -2.19. The predicted octanol–water partition coefficient (Wildman–Crippen LogP) is 0.963. The lowest BCUT2D eigenvalue weighted by Gasteiger charge is -2.17. The first-order valence-corrected chi connectivity index (χ1v) is 5.51. The van der Waals surface area contributed by atoms with Crippen LogP contribution in [0.15, 0.2) is 23.4 Å². The van der Waals surface area contributed by atoms with Gasteiger partial charge >= 0.3 is 5.97 Å². The molecule has 1 rings (SSSR count). The standard InChI is InChI=1S/C11H14N4O4/c1-19-11(18)8-3-2-7(6-13-8)10(17)9(16)4-5-14-15-12/h2-3,6,9-10,16-17H,4-5H2,1H3. The second-order valence-corrected chi connectivity index (χ2v) is 3.72. The van der Waals surface area contributed by atoms with Gasteiger partial charge < -0.3 is 14.9 Å². The second-order valence-electron chi connectivity index (χ2n) is 3.72. The average molecular weight is 266 g/mol. The zero-order chi connectivity index (χ0) is 14.3. The molecular weight excluding hydrogens is 252 g/mol. The van der Waals surface area contributed by atoms with Crippen LogP contribution < -0.4 is 0 Å². The quantitative estimate of drug-likeness (QED) is 0.343. The number of ether oxygens (including phenoxy) is 1. The van der Waals surface area contributed by atoms with Crippen LogP contribution in [0.4, 0.5) is 0 Å². The monoisotopic (exact) mass is 266 g/mol. The molecule has 0 fully saturated rings. The molecule has 1 aromatic heterocycles. The van der Waals surface area contributed by atoms with Gasteiger partial charge in [-0.3, -0.25) is 0 Å². The van der Waals surface area contributed by atoms with Gasteiger partial charge in [0.15, 0.2) is 0 Å². The first-order chi connectivity index (χ1) is 9.10. The molecule has 0 aliphatic rings. The Morgan fingerprint density at radius 1 is 1.58 bits per heavy atom. The highest BCUT2D eigenvalue weighted by atomic mass is 16.5. The van der Waals surface area contributed by atoms with E-state index in [1.807, 2.05) is 0 Å². The number of aliphatic hydroxyl groups is 2. The van der Waals surface area contributed by atoms with Crippen LogP contribution in [0.2, 0.25) is 0 Å². The number of azide groups is 1. The van der Waals surface area contributed by atoms with Crippen molar-refractivity contribution >= 4 is 5.97 Å². The van der Waals surface area contributed by atoms with Crippen molar-refractivity contribution in [1.82, 2.24) is 4.98 Å². The summed E-state index contributed by atoms with van der Waals surface area (Å²) in [7, 11) is 1.24. The molecule has 102 valence electrons. The van der Waals surface area contributed by atoms with E-state index in [0.717, 1.165) is 0 Å². The minimum Gasteiger partial charge on any atom is -0.464 e. The van der Waals surface area contributed by atoms with Crippen molar-refractivity contribution in [2.45, 2.75) is 18.6 Å². The van der Waals surface area contributed by atoms with Gasteiger partial charge in [-0.05, 0) is 18.0 Å². The fraction of sp³-hybridized carbons (Fsp3) is 0.455. The Hall–Kier alpha value is -2.15. The molecule has 1 aromatic rings. The highest BCUT2D eigenvalue weighted by molar-refractivity contribution is 5.86. The molecule has 0 saturated carbocycles. The molecule has 0 saturated heterocycles. The SMILES string of the molecule is COC(=O)c1ccc(C(O)C(O)CCN=[N+]=[N-])cn1. The molecule has 0 amide bonds. The number of methoxy groups -OCH3 is 1. The van der Waals surface area contributed by atoms with E-state index in [9.17, 15) is 15.0 Å². The molecule has 0 spiro atoms. The zero-order valence-electron chi connectivity index (χ0n) is 10.3. The van der Waals surface area contributed by atoms with Crippen LogP contribution in [0, 0.1) is 0 Å². The molecule has 19 heavy (non-hydrogen) atoms. The molecule has 8 heteroatoms. The van der Waals surface area contributed by atoms with Gasteiger partial charge in [0.25, 0.3) is 0 Å². The Morgan fingerprint density at radius 3 is 2.84 bits per heavy atom. The predicted molar refractivity (Wildman–Crippen MR) is 65.2 cm³/mol. The summed E-state index contributed by atoms with van der Waals surface area (Å²) >= 11 is 0. The van der Waals surface area contributed by atoms with Gasteiger partial charge in [-0.15, -0.1) is 0 Å². The van der Waals surface area contributed by atoms with Crippen molar-refractivity contribution in [3.63, 3.8) is 0 Å². The third-order valence-corrected chi connectivity index (χ3v) is 2.47. The van der Waals surface area contributed by atoms with Gasteiger partial charge in [-0.2, -0.15) is 0 Å². The Kier molecular flexibility index (Phi) is 5.74. The van der Waals surface area contributed by atoms with E-state index < -0.39 is 18.2 Å². The van der Waals surface area contributed by atoms with Gasteiger partial charge in [-0.25, -0.2) is 9.78 Å². The number of esters is 1. The third kappa shape index (κ3) is 4.22. The van der Waals surface area contributed by atoms with E-state index in [2.05, 4.69) is 19.7 Å². The molecule has 8 nitrogen and oxygen atoms in total. The summed E-state index contributed by atoms with van der Waals surface area (Å²) in [5.74, 6) is -0.579. The van der Waals surface area contributed by atoms with E-state index in [1.165, 1.54) is 25.4 Å². The summed E-state index contributed by atoms with van der Waals surface area (Å²) in [5, 5.41) is 22.8. The largest absolute Gasteiger partial charge is 0.464 e. The van der Waals surface area contributed by atoms with Crippen molar-refractivity contribution in [3.8, 4) is 0 Å². The number of carbonyl (C=O) groups is 1. The smallest absolute Gasteiger partial charge is 0.356 e.